The Morgan fingerprint density at radius 3 is 2.46 bits per heavy atom. The Bertz CT molecular complexity index is 1320. The third-order valence-electron chi connectivity index (χ3n) is 5.55. The highest BCUT2D eigenvalue weighted by atomic mass is 16.5. The zero-order chi connectivity index (χ0) is 24.0. The van der Waals surface area contributed by atoms with Gasteiger partial charge < -0.3 is 10.6 Å². The van der Waals surface area contributed by atoms with Gasteiger partial charge in [-0.25, -0.2) is 4.79 Å². The summed E-state index contributed by atoms with van der Waals surface area (Å²) in [6.07, 6.45) is 5.77. The lowest BCUT2D eigenvalue weighted by molar-refractivity contribution is -0.755. The van der Waals surface area contributed by atoms with Crippen molar-refractivity contribution in [2.75, 3.05) is 16.0 Å². The monoisotopic (exact) mass is 469 g/mol. The molecule has 0 unspecified atom stereocenters. The maximum atomic E-state index is 12.6. The van der Waals surface area contributed by atoms with E-state index in [0.717, 1.165) is 29.7 Å². The van der Waals surface area contributed by atoms with Crippen LogP contribution in [0.1, 0.15) is 35.6 Å². The Morgan fingerprint density at radius 2 is 1.71 bits per heavy atom. The van der Waals surface area contributed by atoms with Gasteiger partial charge in [0.15, 0.2) is 0 Å². The number of carbonyl (C=O) groups excluding carboxylic acids is 2. The van der Waals surface area contributed by atoms with Crippen molar-refractivity contribution in [3.05, 3.63) is 95.9 Å². The lowest BCUT2D eigenvalue weighted by Crippen LogP contribution is -2.35. The van der Waals surface area contributed by atoms with Crippen molar-refractivity contribution in [3.63, 3.8) is 0 Å². The van der Waals surface area contributed by atoms with E-state index < -0.39 is 6.03 Å². The number of benzene rings is 2. The van der Waals surface area contributed by atoms with Crippen molar-refractivity contribution in [1.82, 2.24) is 10.3 Å². The summed E-state index contributed by atoms with van der Waals surface area (Å²) in [6, 6.07) is 20.4. The zero-order valence-corrected chi connectivity index (χ0v) is 19.0. The number of nitrogens with one attached hydrogen (secondary N) is 3. The molecule has 1 aliphatic carbocycles. The summed E-state index contributed by atoms with van der Waals surface area (Å²) < 4.78 is 6.75. The number of hydrogen-bond donors (Lipinski definition) is 3. The highest BCUT2D eigenvalue weighted by molar-refractivity contribution is 6.00. The first-order valence-electron chi connectivity index (χ1n) is 11.4. The molecule has 4 aromatic rings. The smallest absolute Gasteiger partial charge is 0.326 e. The van der Waals surface area contributed by atoms with Gasteiger partial charge in [0.05, 0.1) is 6.42 Å². The fourth-order valence-electron chi connectivity index (χ4n) is 3.78. The molecule has 5 rings (SSSR count). The molecule has 0 radical (unpaired) electrons. The first-order chi connectivity index (χ1) is 17.1. The fraction of sp³-hybridized carbons (Fsp3) is 0.192. The van der Waals surface area contributed by atoms with Crippen LogP contribution < -0.4 is 20.6 Å². The fourth-order valence-corrected chi connectivity index (χ4v) is 3.78. The van der Waals surface area contributed by atoms with Gasteiger partial charge in [-0.1, -0.05) is 36.4 Å². The average Bonchev–Trinajstić information content (AvgIpc) is 3.61. The maximum absolute atomic E-state index is 12.6. The number of amides is 3. The summed E-state index contributed by atoms with van der Waals surface area (Å²) in [5, 5.41) is 12.3. The van der Waals surface area contributed by atoms with Crippen molar-refractivity contribution < 1.29 is 18.8 Å². The van der Waals surface area contributed by atoms with Gasteiger partial charge >= 0.3 is 11.9 Å². The summed E-state index contributed by atoms with van der Waals surface area (Å²) in [6.45, 7) is 0.420. The summed E-state index contributed by atoms with van der Waals surface area (Å²) in [5.41, 5.74) is 4.08. The minimum absolute atomic E-state index is 0.112. The Labute approximate surface area is 202 Å². The van der Waals surface area contributed by atoms with Crippen LogP contribution in [0.15, 0.2) is 83.6 Å². The summed E-state index contributed by atoms with van der Waals surface area (Å²) >= 11 is 0. The van der Waals surface area contributed by atoms with Gasteiger partial charge in [0.25, 0.3) is 6.20 Å². The van der Waals surface area contributed by atoms with Crippen molar-refractivity contribution >= 4 is 29.2 Å². The molecule has 2 aromatic carbocycles. The van der Waals surface area contributed by atoms with Gasteiger partial charge in [-0.2, -0.15) is 0 Å². The first kappa shape index (κ1) is 22.3. The van der Waals surface area contributed by atoms with Crippen LogP contribution in [0.2, 0.25) is 0 Å². The van der Waals surface area contributed by atoms with Crippen LogP contribution in [0, 0.1) is 0 Å². The second kappa shape index (κ2) is 10.2. The minimum atomic E-state index is -0.472. The quantitative estimate of drug-likeness (QED) is 0.336. The molecular formula is C26H25N6O3+. The van der Waals surface area contributed by atoms with E-state index in [9.17, 15) is 9.59 Å². The van der Waals surface area contributed by atoms with Crippen molar-refractivity contribution in [1.29, 1.82) is 0 Å². The number of nitrogens with zero attached hydrogens (tertiary/aromatic N) is 3. The summed E-state index contributed by atoms with van der Waals surface area (Å²) in [5.74, 6) is 0.538. The number of carbonyl (C=O) groups is 2. The number of rotatable bonds is 8. The second-order valence-corrected chi connectivity index (χ2v) is 8.49. The third-order valence-corrected chi connectivity index (χ3v) is 5.55. The molecule has 0 saturated heterocycles. The van der Waals surface area contributed by atoms with E-state index >= 15 is 0 Å². The number of anilines is 3. The van der Waals surface area contributed by atoms with Crippen molar-refractivity contribution in [2.45, 2.75) is 31.7 Å². The Hall–Kier alpha value is -4.53. The zero-order valence-electron chi connectivity index (χ0n) is 19.0. The number of aromatic nitrogens is 3. The van der Waals surface area contributed by atoms with Gasteiger partial charge in [-0.15, -0.1) is 0 Å². The van der Waals surface area contributed by atoms with Gasteiger partial charge in [0.1, 0.15) is 5.69 Å². The molecule has 0 bridgehead atoms. The van der Waals surface area contributed by atoms with Crippen LogP contribution in [0.25, 0.3) is 0 Å². The average molecular weight is 470 g/mol. The maximum Gasteiger partial charge on any atom is 0.326 e. The highest BCUT2D eigenvalue weighted by Gasteiger charge is 2.25. The molecule has 3 amide bonds. The van der Waals surface area contributed by atoms with Crippen LogP contribution in [0.5, 0.6) is 0 Å². The normalized spacial score (nSPS) is 12.7. The molecule has 1 aliphatic rings. The van der Waals surface area contributed by atoms with Crippen LogP contribution in [-0.2, 0) is 17.8 Å². The van der Waals surface area contributed by atoms with Crippen LogP contribution in [0.4, 0.5) is 22.1 Å². The predicted molar refractivity (Wildman–Crippen MR) is 130 cm³/mol. The number of hydrogen-bond acceptors (Lipinski definition) is 5. The Balaban J connectivity index is 1.22. The molecule has 1 saturated carbocycles. The molecule has 9 nitrogen and oxygen atoms in total. The van der Waals surface area contributed by atoms with Crippen LogP contribution in [-0.4, -0.2) is 22.2 Å². The van der Waals surface area contributed by atoms with E-state index in [-0.39, 0.29) is 18.2 Å². The van der Waals surface area contributed by atoms with Crippen LogP contribution in [0.3, 0.4) is 0 Å². The van der Waals surface area contributed by atoms with Gasteiger partial charge in [0, 0.05) is 17.6 Å². The topological polar surface area (TPSA) is 113 Å². The molecule has 0 aliphatic heterocycles. The molecule has 0 spiro atoms. The second-order valence-electron chi connectivity index (χ2n) is 8.49. The molecule has 35 heavy (non-hydrogen) atoms. The van der Waals surface area contributed by atoms with E-state index in [1.54, 1.807) is 23.1 Å². The summed E-state index contributed by atoms with van der Waals surface area (Å²) in [7, 11) is 0. The van der Waals surface area contributed by atoms with Crippen molar-refractivity contribution in [2.24, 2.45) is 0 Å². The van der Waals surface area contributed by atoms with Gasteiger partial charge in [0.2, 0.25) is 17.7 Å². The first-order valence-corrected chi connectivity index (χ1v) is 11.4. The molecule has 3 N–H and O–H groups in total. The Morgan fingerprint density at radius 1 is 0.943 bits per heavy atom. The molecule has 2 aromatic heterocycles. The molecular weight excluding hydrogens is 444 g/mol. The third kappa shape index (κ3) is 6.29. The minimum Gasteiger partial charge on any atom is -0.326 e. The Kier molecular flexibility index (Phi) is 6.47. The van der Waals surface area contributed by atoms with Gasteiger partial charge in [-0.05, 0) is 64.9 Å². The standard InChI is InChI=1S/C26H24N6O3/c33-24(12-18-6-2-1-3-7-18)28-22-13-20(19-9-10-19)14-23(15-22)29-26(34)30-25-17-32(31-35-25)16-21-8-4-5-11-27-21/h1-8,11,13-15,17,19H,9-10,12,16H2,(H2-,28,29,30,31,33,34)/p+1. The van der Waals surface area contributed by atoms with E-state index in [4.69, 9.17) is 4.52 Å². The van der Waals surface area contributed by atoms with Crippen molar-refractivity contribution in [3.8, 4) is 0 Å². The van der Waals surface area contributed by atoms with E-state index in [0.29, 0.717) is 23.8 Å². The summed E-state index contributed by atoms with van der Waals surface area (Å²) in [4.78, 5) is 29.4. The molecule has 0 atom stereocenters. The molecule has 176 valence electrons. The highest BCUT2D eigenvalue weighted by Crippen LogP contribution is 2.42. The molecule has 9 heteroatoms. The number of pyridine rings is 1. The lowest BCUT2D eigenvalue weighted by atomic mass is 10.1. The van der Waals surface area contributed by atoms with Crippen LogP contribution >= 0.6 is 0 Å². The van der Waals surface area contributed by atoms with E-state index in [2.05, 4.69) is 26.2 Å². The predicted octanol–water partition coefficient (Wildman–Crippen LogP) is 4.11. The molecule has 2 heterocycles. The lowest BCUT2D eigenvalue weighted by Gasteiger charge is -2.12. The molecule has 1 fully saturated rings. The SMILES string of the molecule is O=C(Cc1ccccc1)Nc1cc(NC(=O)Nc2c[n+](Cc3ccccn3)no2)cc(C2CC2)c1. The van der Waals surface area contributed by atoms with E-state index in [1.165, 1.54) is 0 Å². The largest absolute Gasteiger partial charge is 0.326 e. The number of urea groups is 1. The van der Waals surface area contributed by atoms with E-state index in [1.807, 2.05) is 60.7 Å². The van der Waals surface area contributed by atoms with Gasteiger partial charge in [-0.3, -0.25) is 19.6 Å².